The molecule has 0 amide bonds. The van der Waals surface area contributed by atoms with Gasteiger partial charge in [-0.3, -0.25) is 0 Å². The first-order chi connectivity index (χ1) is 7.25. The van der Waals surface area contributed by atoms with Crippen molar-refractivity contribution in [2.45, 2.75) is 6.42 Å². The second-order valence-corrected chi connectivity index (χ2v) is 3.99. The van der Waals surface area contributed by atoms with Gasteiger partial charge in [-0.25, -0.2) is 9.97 Å². The van der Waals surface area contributed by atoms with Gasteiger partial charge in [0.15, 0.2) is 0 Å². The molecule has 76 valence electrons. The highest BCUT2D eigenvalue weighted by Crippen LogP contribution is 2.23. The molecule has 1 heterocycles. The maximum Gasteiger partial charge on any atom is 0.115 e. The number of halogens is 2. The number of hydrogen-bond donors (Lipinski definition) is 0. The highest BCUT2D eigenvalue weighted by Gasteiger charge is 2.00. The zero-order chi connectivity index (χ0) is 10.7. The van der Waals surface area contributed by atoms with Crippen molar-refractivity contribution < 1.29 is 0 Å². The van der Waals surface area contributed by atoms with Gasteiger partial charge >= 0.3 is 0 Å². The number of benzene rings is 1. The fourth-order valence-corrected chi connectivity index (χ4v) is 1.63. The van der Waals surface area contributed by atoms with Crippen LogP contribution in [-0.2, 0) is 6.42 Å². The molecule has 0 aliphatic rings. The van der Waals surface area contributed by atoms with Crippen molar-refractivity contribution in [2.75, 3.05) is 0 Å². The Morgan fingerprint density at radius 1 is 0.933 bits per heavy atom. The Morgan fingerprint density at radius 3 is 2.33 bits per heavy atom. The van der Waals surface area contributed by atoms with E-state index in [1.165, 1.54) is 6.33 Å². The van der Waals surface area contributed by atoms with Crippen LogP contribution in [-0.4, -0.2) is 9.97 Å². The lowest BCUT2D eigenvalue weighted by Crippen LogP contribution is -1.90. The van der Waals surface area contributed by atoms with Crippen LogP contribution < -0.4 is 0 Å². The molecule has 1 aromatic heterocycles. The molecule has 0 N–H and O–H groups in total. The van der Waals surface area contributed by atoms with Crippen molar-refractivity contribution in [1.29, 1.82) is 0 Å². The summed E-state index contributed by atoms with van der Waals surface area (Å²) in [5.74, 6) is 0. The predicted molar refractivity (Wildman–Crippen MR) is 61.3 cm³/mol. The number of aromatic nitrogens is 2. The van der Waals surface area contributed by atoms with Crippen LogP contribution in [0, 0.1) is 0 Å². The Kier molecular flexibility index (Phi) is 3.19. The smallest absolute Gasteiger partial charge is 0.115 e. The number of rotatable bonds is 2. The van der Waals surface area contributed by atoms with E-state index in [1.54, 1.807) is 18.5 Å². The van der Waals surface area contributed by atoms with Crippen molar-refractivity contribution in [3.05, 3.63) is 58.1 Å². The van der Waals surface area contributed by atoms with Crippen LogP contribution in [0.5, 0.6) is 0 Å². The Labute approximate surface area is 97.9 Å². The molecular formula is C11H8Cl2N2. The molecule has 0 bridgehead atoms. The van der Waals surface area contributed by atoms with E-state index < -0.39 is 0 Å². The zero-order valence-corrected chi connectivity index (χ0v) is 9.33. The SMILES string of the molecule is Clc1ccc(Cc2cncnc2)cc1Cl. The molecule has 15 heavy (non-hydrogen) atoms. The third-order valence-electron chi connectivity index (χ3n) is 2.01. The van der Waals surface area contributed by atoms with Gasteiger partial charge in [-0.1, -0.05) is 29.3 Å². The van der Waals surface area contributed by atoms with Gasteiger partial charge in [0.25, 0.3) is 0 Å². The monoisotopic (exact) mass is 238 g/mol. The summed E-state index contributed by atoms with van der Waals surface area (Å²) in [5, 5.41) is 1.15. The average Bonchev–Trinajstić information content (AvgIpc) is 2.25. The maximum atomic E-state index is 5.92. The summed E-state index contributed by atoms with van der Waals surface area (Å²) in [6, 6.07) is 5.60. The molecule has 0 spiro atoms. The van der Waals surface area contributed by atoms with Crippen molar-refractivity contribution in [3.63, 3.8) is 0 Å². The van der Waals surface area contributed by atoms with E-state index in [2.05, 4.69) is 9.97 Å². The number of nitrogens with zero attached hydrogens (tertiary/aromatic N) is 2. The van der Waals surface area contributed by atoms with Gasteiger partial charge in [0.1, 0.15) is 6.33 Å². The van der Waals surface area contributed by atoms with Crippen LogP contribution in [0.15, 0.2) is 36.9 Å². The van der Waals surface area contributed by atoms with Crippen molar-refractivity contribution in [1.82, 2.24) is 9.97 Å². The molecule has 0 saturated carbocycles. The molecule has 0 aliphatic heterocycles. The molecular weight excluding hydrogens is 231 g/mol. The highest BCUT2D eigenvalue weighted by molar-refractivity contribution is 6.42. The van der Waals surface area contributed by atoms with Gasteiger partial charge in [0.05, 0.1) is 10.0 Å². The lowest BCUT2D eigenvalue weighted by atomic mass is 10.1. The first-order valence-electron chi connectivity index (χ1n) is 4.43. The van der Waals surface area contributed by atoms with E-state index in [0.29, 0.717) is 10.0 Å². The highest BCUT2D eigenvalue weighted by atomic mass is 35.5. The average molecular weight is 239 g/mol. The van der Waals surface area contributed by atoms with Gasteiger partial charge < -0.3 is 0 Å². The molecule has 0 aliphatic carbocycles. The van der Waals surface area contributed by atoms with Crippen molar-refractivity contribution >= 4 is 23.2 Å². The van der Waals surface area contributed by atoms with E-state index in [9.17, 15) is 0 Å². The standard InChI is InChI=1S/C11H8Cl2N2/c12-10-2-1-8(4-11(10)13)3-9-5-14-7-15-6-9/h1-2,4-7H,3H2. The minimum Gasteiger partial charge on any atom is -0.245 e. The van der Waals surface area contributed by atoms with Crippen LogP contribution >= 0.6 is 23.2 Å². The summed E-state index contributed by atoms with van der Waals surface area (Å²) in [5.41, 5.74) is 2.15. The minimum absolute atomic E-state index is 0.574. The molecule has 2 nitrogen and oxygen atoms in total. The first kappa shape index (κ1) is 10.4. The lowest BCUT2D eigenvalue weighted by molar-refractivity contribution is 1.07. The third-order valence-corrected chi connectivity index (χ3v) is 2.75. The van der Waals surface area contributed by atoms with Gasteiger partial charge in [0, 0.05) is 18.8 Å². The molecule has 0 unspecified atom stereocenters. The zero-order valence-electron chi connectivity index (χ0n) is 7.82. The van der Waals surface area contributed by atoms with Crippen LogP contribution in [0.2, 0.25) is 10.0 Å². The molecule has 4 heteroatoms. The largest absolute Gasteiger partial charge is 0.245 e. The molecule has 0 atom stereocenters. The van der Waals surface area contributed by atoms with E-state index in [0.717, 1.165) is 17.5 Å². The quantitative estimate of drug-likeness (QED) is 0.802. The maximum absolute atomic E-state index is 5.92. The summed E-state index contributed by atoms with van der Waals surface area (Å²) in [7, 11) is 0. The predicted octanol–water partition coefficient (Wildman–Crippen LogP) is 3.37. The molecule has 0 saturated heterocycles. The van der Waals surface area contributed by atoms with Crippen LogP contribution in [0.1, 0.15) is 11.1 Å². The molecule has 2 rings (SSSR count). The third kappa shape index (κ3) is 2.67. The fraction of sp³-hybridized carbons (Fsp3) is 0.0909. The molecule has 1 aromatic carbocycles. The second kappa shape index (κ2) is 4.60. The van der Waals surface area contributed by atoms with Gasteiger partial charge in [0.2, 0.25) is 0 Å². The lowest BCUT2D eigenvalue weighted by Gasteiger charge is -2.02. The Morgan fingerprint density at radius 2 is 1.67 bits per heavy atom. The van der Waals surface area contributed by atoms with Crippen molar-refractivity contribution in [3.8, 4) is 0 Å². The normalized spacial score (nSPS) is 10.3. The van der Waals surface area contributed by atoms with Crippen molar-refractivity contribution in [2.24, 2.45) is 0 Å². The van der Waals surface area contributed by atoms with E-state index in [1.807, 2.05) is 12.1 Å². The van der Waals surface area contributed by atoms with E-state index in [-0.39, 0.29) is 0 Å². The second-order valence-electron chi connectivity index (χ2n) is 3.17. The summed E-state index contributed by atoms with van der Waals surface area (Å²) in [4.78, 5) is 7.90. The Hall–Kier alpha value is -1.12. The summed E-state index contributed by atoms with van der Waals surface area (Å²) in [6.07, 6.45) is 5.85. The van der Waals surface area contributed by atoms with Crippen LogP contribution in [0.3, 0.4) is 0 Å². The topological polar surface area (TPSA) is 25.8 Å². The Balaban J connectivity index is 2.22. The van der Waals surface area contributed by atoms with Gasteiger partial charge in [-0.15, -0.1) is 0 Å². The summed E-state index contributed by atoms with van der Waals surface area (Å²) in [6.45, 7) is 0. The van der Waals surface area contributed by atoms with Gasteiger partial charge in [-0.05, 0) is 23.3 Å². The summed E-state index contributed by atoms with van der Waals surface area (Å²) < 4.78 is 0. The fourth-order valence-electron chi connectivity index (χ4n) is 1.31. The Bertz CT molecular complexity index is 457. The first-order valence-corrected chi connectivity index (χ1v) is 5.19. The van der Waals surface area contributed by atoms with E-state index >= 15 is 0 Å². The van der Waals surface area contributed by atoms with Gasteiger partial charge in [-0.2, -0.15) is 0 Å². The summed E-state index contributed by atoms with van der Waals surface area (Å²) >= 11 is 11.7. The minimum atomic E-state index is 0.574. The van der Waals surface area contributed by atoms with E-state index in [4.69, 9.17) is 23.2 Å². The number of hydrogen-bond acceptors (Lipinski definition) is 2. The van der Waals surface area contributed by atoms with Crippen LogP contribution in [0.25, 0.3) is 0 Å². The molecule has 0 fully saturated rings. The van der Waals surface area contributed by atoms with Crippen LogP contribution in [0.4, 0.5) is 0 Å². The molecule has 0 radical (unpaired) electrons. The molecule has 2 aromatic rings.